The first kappa shape index (κ1) is 18.1. The molecular formula is C21H26O6. The monoisotopic (exact) mass is 374 g/mol. The molecule has 3 aliphatic rings. The topological polar surface area (TPSA) is 82.1 Å². The fourth-order valence-electron chi connectivity index (χ4n) is 4.68. The Hall–Kier alpha value is -2.24. The number of rotatable bonds is 3. The molecule has 1 saturated heterocycles. The number of phenolic OH excluding ortho intramolecular Hbond substituents is 1. The fraction of sp³-hybridized carbons (Fsp3) is 0.619. The zero-order valence-electron chi connectivity index (χ0n) is 15.9. The van der Waals surface area contributed by atoms with Gasteiger partial charge in [0.15, 0.2) is 12.2 Å². The Morgan fingerprint density at radius 3 is 2.78 bits per heavy atom. The van der Waals surface area contributed by atoms with Gasteiger partial charge in [-0.1, -0.05) is 27.2 Å². The molecule has 2 aliphatic heterocycles. The number of phenols is 1. The Morgan fingerprint density at radius 2 is 2.04 bits per heavy atom. The number of aromatic hydroxyl groups is 1. The molecule has 1 aromatic carbocycles. The minimum Gasteiger partial charge on any atom is -0.507 e. The summed E-state index contributed by atoms with van der Waals surface area (Å²) in [5.41, 5.74) is 0.497. The summed E-state index contributed by atoms with van der Waals surface area (Å²) in [6.07, 6.45) is 1.84. The van der Waals surface area contributed by atoms with Gasteiger partial charge >= 0.3 is 11.9 Å². The third-order valence-electron chi connectivity index (χ3n) is 6.13. The van der Waals surface area contributed by atoms with E-state index in [2.05, 4.69) is 20.8 Å². The lowest BCUT2D eigenvalue weighted by molar-refractivity contribution is -0.141. The lowest BCUT2D eigenvalue weighted by Gasteiger charge is -2.36. The van der Waals surface area contributed by atoms with Crippen molar-refractivity contribution in [3.8, 4) is 11.5 Å². The van der Waals surface area contributed by atoms with Crippen LogP contribution in [0.1, 0.15) is 68.5 Å². The lowest BCUT2D eigenvalue weighted by Crippen LogP contribution is -2.36. The Morgan fingerprint density at radius 1 is 1.26 bits per heavy atom. The lowest BCUT2D eigenvalue weighted by atomic mass is 9.75. The van der Waals surface area contributed by atoms with E-state index in [9.17, 15) is 14.7 Å². The van der Waals surface area contributed by atoms with Gasteiger partial charge in [-0.2, -0.15) is 0 Å². The Bertz CT molecular complexity index is 770. The van der Waals surface area contributed by atoms with Crippen LogP contribution >= 0.6 is 0 Å². The van der Waals surface area contributed by atoms with E-state index in [4.69, 9.17) is 14.2 Å². The predicted molar refractivity (Wildman–Crippen MR) is 96.5 cm³/mol. The number of hydrogen-bond donors (Lipinski definition) is 1. The van der Waals surface area contributed by atoms with Gasteiger partial charge in [-0.3, -0.25) is 4.79 Å². The summed E-state index contributed by atoms with van der Waals surface area (Å²) < 4.78 is 17.0. The number of hydrogen-bond acceptors (Lipinski definition) is 6. The first-order valence-electron chi connectivity index (χ1n) is 9.78. The first-order chi connectivity index (χ1) is 12.8. The maximum atomic E-state index is 13.1. The molecule has 4 rings (SSSR count). The van der Waals surface area contributed by atoms with Gasteiger partial charge in [0.25, 0.3) is 0 Å². The van der Waals surface area contributed by atoms with Crippen molar-refractivity contribution in [1.82, 2.24) is 0 Å². The van der Waals surface area contributed by atoms with Gasteiger partial charge in [0, 0.05) is 0 Å². The number of carbonyl (C=O) groups excluding carboxylic acids is 2. The maximum absolute atomic E-state index is 13.1. The third kappa shape index (κ3) is 3.15. The van der Waals surface area contributed by atoms with Crippen molar-refractivity contribution in [3.05, 3.63) is 23.3 Å². The van der Waals surface area contributed by atoms with Crippen LogP contribution in [0.3, 0.4) is 0 Å². The van der Waals surface area contributed by atoms with Crippen molar-refractivity contribution in [2.45, 2.75) is 64.8 Å². The van der Waals surface area contributed by atoms with Crippen molar-refractivity contribution in [2.75, 3.05) is 0 Å². The summed E-state index contributed by atoms with van der Waals surface area (Å²) in [5, 5.41) is 10.4. The zero-order chi connectivity index (χ0) is 19.3. The summed E-state index contributed by atoms with van der Waals surface area (Å²) in [6, 6.07) is 3.04. The summed E-state index contributed by atoms with van der Waals surface area (Å²) in [7, 11) is 0. The molecule has 0 aromatic heterocycles. The molecule has 6 heteroatoms. The van der Waals surface area contributed by atoms with Gasteiger partial charge in [0.1, 0.15) is 23.2 Å². The van der Waals surface area contributed by atoms with Crippen molar-refractivity contribution in [3.63, 3.8) is 0 Å². The Balaban J connectivity index is 1.63. The molecule has 2 heterocycles. The molecule has 0 spiro atoms. The van der Waals surface area contributed by atoms with Gasteiger partial charge in [0.2, 0.25) is 0 Å². The minimum atomic E-state index is -0.659. The second-order valence-corrected chi connectivity index (χ2v) is 8.41. The highest BCUT2D eigenvalue weighted by atomic mass is 16.6. The summed E-state index contributed by atoms with van der Waals surface area (Å²) in [5.74, 6) is 0.582. The average molecular weight is 374 g/mol. The third-order valence-corrected chi connectivity index (χ3v) is 6.13. The van der Waals surface area contributed by atoms with Crippen LogP contribution in [0.4, 0.5) is 0 Å². The van der Waals surface area contributed by atoms with E-state index in [1.165, 1.54) is 6.07 Å². The largest absolute Gasteiger partial charge is 0.507 e. The standard InChI is InChI=1S/C21H26O6/c1-10(2)12-5-4-11(3)8-15(12)26-21(24)18-13(22)6-7-14-19(18)20-16(25-14)9-17(23)27-20/h6-7,10-12,15-16,20,22H,4-5,8-9H2,1-3H3/t11-,12+,15-,16-,20+/m1/s1. The molecule has 27 heavy (non-hydrogen) atoms. The molecule has 6 nitrogen and oxygen atoms in total. The van der Waals surface area contributed by atoms with Crippen LogP contribution in [-0.4, -0.2) is 29.3 Å². The van der Waals surface area contributed by atoms with Crippen LogP contribution in [0.2, 0.25) is 0 Å². The number of fused-ring (bicyclic) bond motifs is 3. The van der Waals surface area contributed by atoms with Crippen LogP contribution < -0.4 is 4.74 Å². The van der Waals surface area contributed by atoms with Gasteiger partial charge < -0.3 is 19.3 Å². The molecule has 2 fully saturated rings. The van der Waals surface area contributed by atoms with E-state index in [1.54, 1.807) is 6.07 Å². The Labute approximate surface area is 158 Å². The number of carbonyl (C=O) groups is 2. The van der Waals surface area contributed by atoms with Crippen LogP contribution in [0.15, 0.2) is 12.1 Å². The molecule has 1 aliphatic carbocycles. The summed E-state index contributed by atoms with van der Waals surface area (Å²) >= 11 is 0. The second kappa shape index (κ2) is 6.73. The quantitative estimate of drug-likeness (QED) is 0.811. The van der Waals surface area contributed by atoms with Crippen LogP contribution in [0.5, 0.6) is 11.5 Å². The molecular weight excluding hydrogens is 348 g/mol. The van der Waals surface area contributed by atoms with Crippen molar-refractivity contribution >= 4 is 11.9 Å². The Kier molecular flexibility index (Phi) is 4.52. The normalized spacial score (nSPS) is 31.9. The smallest absolute Gasteiger partial charge is 0.342 e. The minimum absolute atomic E-state index is 0.0652. The maximum Gasteiger partial charge on any atom is 0.342 e. The summed E-state index contributed by atoms with van der Waals surface area (Å²) in [4.78, 5) is 24.7. The number of ether oxygens (including phenoxy) is 3. The molecule has 0 amide bonds. The average Bonchev–Trinajstić information content (AvgIpc) is 3.10. The van der Waals surface area contributed by atoms with E-state index in [0.29, 0.717) is 29.1 Å². The predicted octanol–water partition coefficient (Wildman–Crippen LogP) is 3.76. The van der Waals surface area contributed by atoms with Gasteiger partial charge in [-0.25, -0.2) is 4.79 Å². The van der Waals surface area contributed by atoms with E-state index in [-0.39, 0.29) is 29.8 Å². The molecule has 1 aromatic rings. The molecule has 146 valence electrons. The molecule has 5 atom stereocenters. The first-order valence-corrected chi connectivity index (χ1v) is 9.78. The molecule has 0 bridgehead atoms. The van der Waals surface area contributed by atoms with Crippen molar-refractivity contribution in [1.29, 1.82) is 0 Å². The summed E-state index contributed by atoms with van der Waals surface area (Å²) in [6.45, 7) is 6.47. The number of esters is 2. The fourth-order valence-corrected chi connectivity index (χ4v) is 4.68. The van der Waals surface area contributed by atoms with Gasteiger partial charge in [0.05, 0.1) is 12.0 Å². The number of benzene rings is 1. The molecule has 1 saturated carbocycles. The molecule has 0 radical (unpaired) electrons. The second-order valence-electron chi connectivity index (χ2n) is 8.41. The van der Waals surface area contributed by atoms with Crippen LogP contribution in [0, 0.1) is 17.8 Å². The highest BCUT2D eigenvalue weighted by Gasteiger charge is 2.48. The SMILES string of the molecule is CC(C)[C@@H]1CC[C@@H](C)C[C@H]1OC(=O)c1c(O)ccc2c1[C@H]1OC(=O)C[C@H]1O2. The van der Waals surface area contributed by atoms with Crippen LogP contribution in [-0.2, 0) is 14.3 Å². The van der Waals surface area contributed by atoms with E-state index in [0.717, 1.165) is 19.3 Å². The van der Waals surface area contributed by atoms with Gasteiger partial charge in [-0.15, -0.1) is 0 Å². The van der Waals surface area contributed by atoms with Crippen molar-refractivity contribution < 1.29 is 28.9 Å². The molecule has 0 unspecified atom stereocenters. The van der Waals surface area contributed by atoms with E-state index in [1.807, 2.05) is 0 Å². The highest BCUT2D eigenvalue weighted by molar-refractivity contribution is 5.96. The zero-order valence-corrected chi connectivity index (χ0v) is 15.9. The van der Waals surface area contributed by atoms with E-state index >= 15 is 0 Å². The van der Waals surface area contributed by atoms with Crippen LogP contribution in [0.25, 0.3) is 0 Å². The molecule has 1 N–H and O–H groups in total. The highest BCUT2D eigenvalue weighted by Crippen LogP contribution is 2.48. The van der Waals surface area contributed by atoms with Crippen molar-refractivity contribution in [2.24, 2.45) is 17.8 Å². The van der Waals surface area contributed by atoms with E-state index < -0.39 is 18.2 Å². The van der Waals surface area contributed by atoms with Gasteiger partial charge in [-0.05, 0) is 42.7 Å².